The minimum Gasteiger partial charge on any atom is -0.316 e. The zero-order valence-corrected chi connectivity index (χ0v) is 27.7. The number of unbranched alkanes of at least 4 members (excludes halogenated alkanes) is 2. The van der Waals surface area contributed by atoms with E-state index in [1.807, 2.05) is 19.9 Å². The van der Waals surface area contributed by atoms with Crippen LogP contribution in [0.25, 0.3) is 10.1 Å². The van der Waals surface area contributed by atoms with Crippen molar-refractivity contribution in [3.8, 4) is 0 Å². The third kappa shape index (κ3) is 8.00. The van der Waals surface area contributed by atoms with E-state index in [9.17, 15) is 9.18 Å². The van der Waals surface area contributed by atoms with Crippen LogP contribution in [-0.4, -0.2) is 21.7 Å². The summed E-state index contributed by atoms with van der Waals surface area (Å²) in [6, 6.07) is 4.90. The lowest BCUT2D eigenvalue weighted by molar-refractivity contribution is -0.132. The van der Waals surface area contributed by atoms with Crippen LogP contribution in [0.4, 0.5) is 4.39 Å². The largest absolute Gasteiger partial charge is 0.316 e. The number of hydrogen-bond donors (Lipinski definition) is 0. The molecule has 1 saturated heterocycles. The average molecular weight is 585 g/mol. The molecule has 6 unspecified atom stereocenters. The number of amides is 1. The van der Waals surface area contributed by atoms with Gasteiger partial charge in [-0.15, -0.1) is 0 Å². The lowest BCUT2D eigenvalue weighted by Crippen LogP contribution is -2.36. The molecule has 2 aromatic rings. The highest BCUT2D eigenvalue weighted by Gasteiger charge is 2.58. The number of allylic oxidation sites excluding steroid dienone is 1. The van der Waals surface area contributed by atoms with Crippen LogP contribution < -0.4 is 0 Å². The molecule has 1 amide bonds. The van der Waals surface area contributed by atoms with E-state index in [0.29, 0.717) is 23.7 Å². The molecular weight excluding hydrogens is 527 g/mol. The van der Waals surface area contributed by atoms with Crippen LogP contribution in [0.1, 0.15) is 124 Å². The zero-order valence-electron chi connectivity index (χ0n) is 26.9. The molecule has 1 aromatic carbocycles. The molecular formula is C36H57FN2OS. The molecule has 2 heterocycles. The fourth-order valence-corrected chi connectivity index (χ4v) is 8.47. The highest BCUT2D eigenvalue weighted by Crippen LogP contribution is 2.59. The van der Waals surface area contributed by atoms with E-state index in [0.717, 1.165) is 52.9 Å². The van der Waals surface area contributed by atoms with Crippen molar-refractivity contribution in [2.75, 3.05) is 6.54 Å². The summed E-state index contributed by atoms with van der Waals surface area (Å²) < 4.78 is 18.2. The van der Waals surface area contributed by atoms with E-state index in [1.165, 1.54) is 93.9 Å². The second-order valence-corrected chi connectivity index (χ2v) is 13.2. The normalized spacial score (nSPS) is 27.9. The van der Waals surface area contributed by atoms with E-state index >= 15 is 0 Å². The first kappa shape index (κ1) is 33.7. The summed E-state index contributed by atoms with van der Waals surface area (Å²) in [5.74, 6) is 4.11. The lowest BCUT2D eigenvalue weighted by atomic mass is 9.77. The Morgan fingerprint density at radius 2 is 1.61 bits per heavy atom. The number of hydrogen-bond acceptors (Lipinski definition) is 3. The molecule has 41 heavy (non-hydrogen) atoms. The van der Waals surface area contributed by atoms with Gasteiger partial charge in [-0.05, 0) is 91.9 Å². The Labute approximate surface area is 254 Å². The number of carbonyl (C=O) groups excluding carboxylic acids is 1. The Hall–Kier alpha value is -1.75. The highest BCUT2D eigenvalue weighted by atomic mass is 32.1. The molecule has 3 aliphatic carbocycles. The van der Waals surface area contributed by atoms with Crippen molar-refractivity contribution in [1.29, 1.82) is 0 Å². The summed E-state index contributed by atoms with van der Waals surface area (Å²) in [6.07, 6.45) is 16.6. The Morgan fingerprint density at radius 1 is 0.951 bits per heavy atom. The monoisotopic (exact) mass is 584 g/mol. The maximum atomic E-state index is 12.9. The second kappa shape index (κ2) is 16.8. The number of aromatic nitrogens is 1. The first-order valence-corrected chi connectivity index (χ1v) is 17.7. The third-order valence-electron chi connectivity index (χ3n) is 9.98. The van der Waals surface area contributed by atoms with Gasteiger partial charge >= 0.3 is 0 Å². The highest BCUT2D eigenvalue weighted by molar-refractivity contribution is 7.13. The fourth-order valence-electron chi connectivity index (χ4n) is 7.62. The smallest absolute Gasteiger partial charge is 0.230 e. The standard InChI is InChI=1S/C19H29NO.C11H12FNS.C4H10.C2H6/c1-3-13-6-4-5-7-16(13)11-20-12(2)17-14-8-9-15(10-14)18(17)19(20)21;1-2-3-4-10-9-6-5-8(12)7-11(9)14-13-10;1-3-4-2;1-2/h13-18H,2-11H2,1H3;5-7H,2-4H2,1H3;3-4H2,1-2H3;1-2H3. The van der Waals surface area contributed by atoms with E-state index in [2.05, 4.69) is 43.5 Å². The van der Waals surface area contributed by atoms with Gasteiger partial charge in [0, 0.05) is 29.5 Å². The summed E-state index contributed by atoms with van der Waals surface area (Å²) in [5, 5.41) is 1.12. The van der Waals surface area contributed by atoms with Gasteiger partial charge in [0.25, 0.3) is 0 Å². The third-order valence-corrected chi connectivity index (χ3v) is 10.8. The van der Waals surface area contributed by atoms with Crippen LogP contribution in [0.15, 0.2) is 30.5 Å². The number of aryl methyl sites for hydroxylation is 1. The molecule has 0 spiro atoms. The topological polar surface area (TPSA) is 33.2 Å². The minimum atomic E-state index is -0.178. The van der Waals surface area contributed by atoms with Gasteiger partial charge in [-0.1, -0.05) is 93.1 Å². The van der Waals surface area contributed by atoms with Crippen molar-refractivity contribution in [1.82, 2.24) is 9.27 Å². The van der Waals surface area contributed by atoms with Gasteiger partial charge in [-0.3, -0.25) is 4.79 Å². The molecule has 6 atom stereocenters. The summed E-state index contributed by atoms with van der Waals surface area (Å²) in [6.45, 7) is 18.2. The maximum Gasteiger partial charge on any atom is 0.230 e. The number of likely N-dealkylation sites (tertiary alicyclic amines) is 1. The first-order valence-electron chi connectivity index (χ1n) is 17.0. The molecule has 4 aliphatic rings. The summed E-state index contributed by atoms with van der Waals surface area (Å²) >= 11 is 1.39. The number of nitrogens with zero attached hydrogens (tertiary/aromatic N) is 2. The van der Waals surface area contributed by atoms with Crippen LogP contribution in [0.5, 0.6) is 0 Å². The summed E-state index contributed by atoms with van der Waals surface area (Å²) in [7, 11) is 0. The molecule has 3 nitrogen and oxygen atoms in total. The Kier molecular flexibility index (Phi) is 13.8. The summed E-state index contributed by atoms with van der Waals surface area (Å²) in [4.78, 5) is 15.1. The summed E-state index contributed by atoms with van der Waals surface area (Å²) in [5.41, 5.74) is 2.31. The molecule has 1 aliphatic heterocycles. The quantitative estimate of drug-likeness (QED) is 0.324. The molecule has 4 fully saturated rings. The number of carbonyl (C=O) groups is 1. The van der Waals surface area contributed by atoms with Crippen molar-refractivity contribution >= 4 is 27.5 Å². The van der Waals surface area contributed by atoms with E-state index in [-0.39, 0.29) is 5.82 Å². The number of fused-ring (bicyclic) bond motifs is 6. The Bertz CT molecular complexity index is 1070. The van der Waals surface area contributed by atoms with Gasteiger partial charge in [0.05, 0.1) is 10.4 Å². The van der Waals surface area contributed by atoms with Crippen molar-refractivity contribution in [3.05, 3.63) is 42.0 Å². The van der Waals surface area contributed by atoms with Crippen LogP contribution >= 0.6 is 11.5 Å². The van der Waals surface area contributed by atoms with Crippen molar-refractivity contribution in [2.45, 2.75) is 125 Å². The molecule has 6 rings (SSSR count). The average Bonchev–Trinajstić information content (AvgIpc) is 3.78. The lowest BCUT2D eigenvalue weighted by Gasteiger charge is -2.34. The number of rotatable bonds is 7. The van der Waals surface area contributed by atoms with Crippen molar-refractivity contribution in [2.24, 2.45) is 35.5 Å². The first-order chi connectivity index (χ1) is 19.9. The van der Waals surface area contributed by atoms with Crippen LogP contribution in [0.3, 0.4) is 0 Å². The Morgan fingerprint density at radius 3 is 2.22 bits per heavy atom. The fraction of sp³-hybridized carbons (Fsp3) is 0.722. The minimum absolute atomic E-state index is 0.178. The second-order valence-electron chi connectivity index (χ2n) is 12.4. The van der Waals surface area contributed by atoms with Crippen LogP contribution in [-0.2, 0) is 11.2 Å². The molecule has 5 heteroatoms. The molecule has 2 bridgehead atoms. The van der Waals surface area contributed by atoms with Crippen LogP contribution in [0, 0.1) is 41.3 Å². The predicted molar refractivity (Wildman–Crippen MR) is 175 cm³/mol. The number of halogens is 1. The van der Waals surface area contributed by atoms with Gasteiger partial charge in [-0.25, -0.2) is 4.39 Å². The van der Waals surface area contributed by atoms with E-state index in [1.54, 1.807) is 6.07 Å². The van der Waals surface area contributed by atoms with E-state index < -0.39 is 0 Å². The van der Waals surface area contributed by atoms with Crippen molar-refractivity contribution < 1.29 is 9.18 Å². The molecule has 1 aromatic heterocycles. The zero-order chi connectivity index (χ0) is 29.9. The van der Waals surface area contributed by atoms with Gasteiger partial charge in [0.2, 0.25) is 5.91 Å². The predicted octanol–water partition coefficient (Wildman–Crippen LogP) is 10.8. The number of benzene rings is 1. The van der Waals surface area contributed by atoms with Gasteiger partial charge in [-0.2, -0.15) is 4.37 Å². The maximum absolute atomic E-state index is 12.9. The van der Waals surface area contributed by atoms with Gasteiger partial charge in [0.1, 0.15) is 5.82 Å². The SMILES string of the molecule is C=C1C2C3CCC(C3)C2C(=O)N1CC1CCCCC1CC.CC.CCCC.CCCCc1nsc2cc(F)ccc12. The molecule has 3 saturated carbocycles. The van der Waals surface area contributed by atoms with Crippen molar-refractivity contribution in [3.63, 3.8) is 0 Å². The van der Waals surface area contributed by atoms with Gasteiger partial charge < -0.3 is 4.90 Å². The molecule has 0 N–H and O–H groups in total. The molecule has 0 radical (unpaired) electrons. The van der Waals surface area contributed by atoms with E-state index in [4.69, 9.17) is 0 Å². The van der Waals surface area contributed by atoms with Crippen LogP contribution in [0.2, 0.25) is 0 Å². The molecule has 230 valence electrons. The van der Waals surface area contributed by atoms with Gasteiger partial charge in [0.15, 0.2) is 0 Å². The Balaban J connectivity index is 0.000000200.